The van der Waals surface area contributed by atoms with Gasteiger partial charge in [0, 0.05) is 57.0 Å². The third-order valence-electron chi connectivity index (χ3n) is 14.3. The van der Waals surface area contributed by atoms with Crippen LogP contribution in [0.15, 0.2) is 188 Å². The second-order valence-electron chi connectivity index (χ2n) is 22.3. The van der Waals surface area contributed by atoms with Crippen molar-refractivity contribution in [2.75, 3.05) is 16.5 Å². The van der Waals surface area contributed by atoms with E-state index in [9.17, 15) is 1.37 Å². The van der Waals surface area contributed by atoms with E-state index in [1.165, 1.54) is 11.1 Å². The van der Waals surface area contributed by atoms with Crippen LogP contribution in [0.1, 0.15) is 84.5 Å². The molecule has 4 aliphatic rings. The van der Waals surface area contributed by atoms with Crippen LogP contribution in [0.3, 0.4) is 0 Å². The molecule has 6 heteroatoms. The van der Waals surface area contributed by atoms with Crippen molar-refractivity contribution >= 4 is 44.6 Å². The van der Waals surface area contributed by atoms with Crippen LogP contribution in [0.25, 0.3) is 61.0 Å². The van der Waals surface area contributed by atoms with Crippen molar-refractivity contribution in [1.82, 2.24) is 9.55 Å². The summed E-state index contributed by atoms with van der Waals surface area (Å²) in [5, 5.41) is 1.09. The third-order valence-corrected chi connectivity index (χ3v) is 14.3. The quantitative estimate of drug-likeness (QED) is 0.164. The Hall–Kier alpha value is -8.09. The van der Waals surface area contributed by atoms with Gasteiger partial charge in [-0.25, -0.2) is 4.98 Å². The fourth-order valence-corrected chi connectivity index (χ4v) is 10.4. The van der Waals surface area contributed by atoms with E-state index >= 15 is 0 Å². The van der Waals surface area contributed by atoms with Crippen LogP contribution in [0.2, 0.25) is 0 Å². The summed E-state index contributed by atoms with van der Waals surface area (Å²) >= 11 is 0. The average molecular weight is 945 g/mol. The largest absolute Gasteiger partial charge is 0.457 e. The molecule has 0 saturated heterocycles. The second-order valence-corrected chi connectivity index (χ2v) is 22.3. The summed E-state index contributed by atoms with van der Waals surface area (Å²) in [7, 11) is 0. The van der Waals surface area contributed by atoms with Gasteiger partial charge in [-0.1, -0.05) is 153 Å². The van der Waals surface area contributed by atoms with E-state index in [1.54, 1.807) is 0 Å². The summed E-state index contributed by atoms with van der Waals surface area (Å²) in [6, 6.07) is 54.1. The van der Waals surface area contributed by atoms with Crippen LogP contribution >= 0.6 is 0 Å². The van der Waals surface area contributed by atoms with Crippen molar-refractivity contribution in [3.05, 3.63) is 205 Å². The van der Waals surface area contributed by atoms with Crippen molar-refractivity contribution < 1.29 is 15.0 Å². The minimum Gasteiger partial charge on any atom is -0.457 e. The molecule has 10 bridgehead atoms. The van der Waals surface area contributed by atoms with Crippen molar-refractivity contribution in [3.63, 3.8) is 0 Å². The first-order valence-corrected chi connectivity index (χ1v) is 24.9. The number of hydrogen-bond donors (Lipinski definition) is 0. The molecule has 6 nitrogen and oxygen atoms in total. The Morgan fingerprint density at radius 3 is 1.96 bits per heavy atom. The lowest BCUT2D eigenvalue weighted by molar-refractivity contribution is 0.483. The predicted molar refractivity (Wildman–Crippen MR) is 300 cm³/mol. The van der Waals surface area contributed by atoms with Gasteiger partial charge in [-0.15, -0.1) is 0 Å². The highest BCUT2D eigenvalue weighted by Gasteiger charge is 2.34. The van der Waals surface area contributed by atoms with Gasteiger partial charge in [-0.3, -0.25) is 4.57 Å². The number of aromatic nitrogens is 2. The molecule has 6 heterocycles. The molecule has 2 aromatic heterocycles. The van der Waals surface area contributed by atoms with Gasteiger partial charge in [0.15, 0.2) is 0 Å². The SMILES string of the molecule is [2H]c1c([2H])c([2H])c2c(c1[2H])c1ccc3cc1n2-c1cc(C(C)(C)C)c(cn1)-c1ccc(cc1)Oc1ccccc1-c1cc(C(C)(C)C)cc(-c2cccc(C(C)(C)C)c2)c1N1CN(c2cccc(c2)O3)c2ccccc21. The molecule has 356 valence electrons. The number of anilines is 4. The third kappa shape index (κ3) is 7.86. The van der Waals surface area contributed by atoms with E-state index in [0.717, 1.165) is 67.4 Å². The van der Waals surface area contributed by atoms with Gasteiger partial charge in [0.1, 0.15) is 35.5 Å². The van der Waals surface area contributed by atoms with Crippen molar-refractivity contribution in [3.8, 4) is 62.2 Å². The zero-order valence-corrected chi connectivity index (χ0v) is 42.4. The number of fused-ring (bicyclic) bond motifs is 5. The first kappa shape index (κ1) is 40.6. The lowest BCUT2D eigenvalue weighted by atomic mass is 9.80. The molecule has 10 aromatic rings. The summed E-state index contributed by atoms with van der Waals surface area (Å²) in [5.74, 6) is 3.11. The van der Waals surface area contributed by atoms with Gasteiger partial charge in [-0.2, -0.15) is 0 Å². The number of hydrogen-bond acceptors (Lipinski definition) is 5. The maximum atomic E-state index is 9.29. The monoisotopic (exact) mass is 944 g/mol. The van der Waals surface area contributed by atoms with Crippen LogP contribution in [0, 0.1) is 0 Å². The Morgan fingerprint density at radius 2 is 1.18 bits per heavy atom. The number of benzene rings is 8. The molecule has 0 fully saturated rings. The first-order chi connectivity index (χ1) is 36.2. The highest BCUT2D eigenvalue weighted by atomic mass is 16.5. The van der Waals surface area contributed by atoms with Gasteiger partial charge < -0.3 is 19.3 Å². The smallest absolute Gasteiger partial charge is 0.137 e. The van der Waals surface area contributed by atoms with Gasteiger partial charge in [0.25, 0.3) is 0 Å². The van der Waals surface area contributed by atoms with Crippen molar-refractivity contribution in [2.45, 2.75) is 78.6 Å². The standard InChI is InChI=1S/C66H60N4O2/c1-64(2,3)44-19-16-18-43(34-44)53-35-45(65(4,5)6)36-54-52-23-11-15-27-61(52)72-47-30-28-42(29-31-47)55-40-67-62(39-56(55)66(7,8)9)70-57-24-12-10-22-50(57)51-33-32-49(38-60(51)70)71-48-21-17-20-46(37-48)68-41-69(63(53)54)59-26-14-13-25-58(59)68/h10-40H,41H2,1-9H3/i10D,12D,22D,24D. The Balaban J connectivity index is 1.13. The molecule has 0 radical (unpaired) electrons. The van der Waals surface area contributed by atoms with E-state index in [1.807, 2.05) is 59.3 Å². The van der Waals surface area contributed by atoms with Gasteiger partial charge in [0.2, 0.25) is 0 Å². The summed E-state index contributed by atoms with van der Waals surface area (Å²) in [6.45, 7) is 20.7. The highest BCUT2D eigenvalue weighted by molar-refractivity contribution is 6.09. The molecular formula is C66H60N4O2. The number of ether oxygens (including phenoxy) is 2. The summed E-state index contributed by atoms with van der Waals surface area (Å²) in [6.07, 6.45) is 1.88. The van der Waals surface area contributed by atoms with Crippen LogP contribution in [-0.2, 0) is 16.2 Å². The Kier molecular flexibility index (Phi) is 9.46. The van der Waals surface area contributed by atoms with E-state index in [-0.39, 0.29) is 40.4 Å². The topological polar surface area (TPSA) is 42.8 Å². The van der Waals surface area contributed by atoms with Crippen LogP contribution in [0.5, 0.6) is 23.0 Å². The summed E-state index contributed by atoms with van der Waals surface area (Å²) in [5.41, 5.74) is 14.1. The minimum atomic E-state index is -0.360. The summed E-state index contributed by atoms with van der Waals surface area (Å²) < 4.78 is 51.7. The molecule has 0 saturated carbocycles. The molecule has 14 rings (SSSR count). The number of pyridine rings is 1. The maximum absolute atomic E-state index is 9.29. The lowest BCUT2D eigenvalue weighted by Crippen LogP contribution is -2.25. The average Bonchev–Trinajstić information content (AvgIpc) is 4.01. The fraction of sp³-hybridized carbons (Fsp3) is 0.197. The minimum absolute atomic E-state index is 0.0777. The molecule has 8 aromatic carbocycles. The van der Waals surface area contributed by atoms with E-state index < -0.39 is 0 Å². The van der Waals surface area contributed by atoms with Crippen LogP contribution in [-0.4, -0.2) is 16.2 Å². The fourth-order valence-electron chi connectivity index (χ4n) is 10.4. The van der Waals surface area contributed by atoms with E-state index in [0.29, 0.717) is 51.5 Å². The van der Waals surface area contributed by atoms with Crippen LogP contribution < -0.4 is 19.3 Å². The molecule has 0 atom stereocenters. The normalized spacial score (nSPS) is 14.2. The van der Waals surface area contributed by atoms with Gasteiger partial charge >= 0.3 is 0 Å². The zero-order chi connectivity index (χ0) is 53.2. The van der Waals surface area contributed by atoms with Crippen molar-refractivity contribution in [2.24, 2.45) is 0 Å². The number of rotatable bonds is 1. The molecule has 4 aliphatic heterocycles. The lowest BCUT2D eigenvalue weighted by Gasteiger charge is -2.31. The van der Waals surface area contributed by atoms with E-state index in [2.05, 4.69) is 181 Å². The maximum Gasteiger partial charge on any atom is 0.137 e. The number of nitrogens with zero attached hydrogens (tertiary/aromatic N) is 4. The van der Waals surface area contributed by atoms with Crippen molar-refractivity contribution in [1.29, 1.82) is 0 Å². The molecular weight excluding hydrogens is 881 g/mol. The molecule has 0 spiro atoms. The van der Waals surface area contributed by atoms with E-state index in [4.69, 9.17) is 18.6 Å². The first-order valence-electron chi connectivity index (χ1n) is 26.9. The second kappa shape index (κ2) is 16.8. The highest BCUT2D eigenvalue weighted by Crippen LogP contribution is 2.53. The molecule has 0 N–H and O–H groups in total. The molecule has 0 aliphatic carbocycles. The van der Waals surface area contributed by atoms with Crippen LogP contribution in [0.4, 0.5) is 22.7 Å². The molecule has 0 unspecified atom stereocenters. The Labute approximate surface area is 429 Å². The Morgan fingerprint density at radius 1 is 0.486 bits per heavy atom. The molecule has 0 amide bonds. The predicted octanol–water partition coefficient (Wildman–Crippen LogP) is 18.2. The molecule has 72 heavy (non-hydrogen) atoms. The van der Waals surface area contributed by atoms with Gasteiger partial charge in [0.05, 0.1) is 33.6 Å². The Bertz CT molecular complexity index is 3990. The zero-order valence-electron chi connectivity index (χ0n) is 46.4. The number of para-hydroxylation sites is 4. The van der Waals surface area contributed by atoms with Gasteiger partial charge in [-0.05, 0) is 123 Å². The summed E-state index contributed by atoms with van der Waals surface area (Å²) in [4.78, 5) is 9.92.